The smallest absolute Gasteiger partial charge is 0.262 e. The minimum absolute atomic E-state index is 0.0752. The van der Waals surface area contributed by atoms with Crippen molar-refractivity contribution < 1.29 is 18.7 Å². The minimum Gasteiger partial charge on any atom is -0.479 e. The molecule has 0 spiro atoms. The highest BCUT2D eigenvalue weighted by Crippen LogP contribution is 2.35. The van der Waals surface area contributed by atoms with Gasteiger partial charge in [-0.3, -0.25) is 14.4 Å². The summed E-state index contributed by atoms with van der Waals surface area (Å²) >= 11 is 0. The number of H-pyrrole nitrogens is 1. The van der Waals surface area contributed by atoms with Crippen molar-refractivity contribution in [3.8, 4) is 5.75 Å². The molecule has 0 fully saturated rings. The van der Waals surface area contributed by atoms with E-state index >= 15 is 0 Å². The van der Waals surface area contributed by atoms with Crippen molar-refractivity contribution in [1.29, 1.82) is 0 Å². The Balaban J connectivity index is 1.47. The fraction of sp³-hybridized carbons (Fsp3) is 0.150. The van der Waals surface area contributed by atoms with E-state index in [4.69, 9.17) is 4.74 Å². The van der Waals surface area contributed by atoms with Crippen molar-refractivity contribution in [1.82, 2.24) is 4.98 Å². The summed E-state index contributed by atoms with van der Waals surface area (Å²) in [5.74, 6) is -0.584. The highest BCUT2D eigenvalue weighted by molar-refractivity contribution is 6.00. The molecular formula is C20H16FN3O4. The Bertz CT molecular complexity index is 1160. The van der Waals surface area contributed by atoms with Gasteiger partial charge in [0.05, 0.1) is 16.9 Å². The lowest BCUT2D eigenvalue weighted by Crippen LogP contribution is -2.26. The molecule has 1 aliphatic rings. The molecule has 3 aromatic rings. The number of aromatic amines is 1. The number of carbonyl (C=O) groups excluding carboxylic acids is 2. The van der Waals surface area contributed by atoms with Gasteiger partial charge < -0.3 is 20.4 Å². The second-order valence-electron chi connectivity index (χ2n) is 6.42. The van der Waals surface area contributed by atoms with Gasteiger partial charge in [-0.25, -0.2) is 4.39 Å². The number of para-hydroxylation sites is 1. The van der Waals surface area contributed by atoms with Crippen LogP contribution < -0.4 is 20.9 Å². The fourth-order valence-electron chi connectivity index (χ4n) is 3.08. The van der Waals surface area contributed by atoms with E-state index in [9.17, 15) is 18.8 Å². The second-order valence-corrected chi connectivity index (χ2v) is 6.42. The number of hydrogen-bond acceptors (Lipinski definition) is 4. The number of halogens is 1. The number of aryl methyl sites for hydroxylation is 1. The highest BCUT2D eigenvalue weighted by atomic mass is 19.1. The van der Waals surface area contributed by atoms with Crippen LogP contribution in [0.5, 0.6) is 5.75 Å². The Morgan fingerprint density at radius 2 is 2.04 bits per heavy atom. The number of fused-ring (bicyclic) bond motifs is 2. The number of hydrogen-bond donors (Lipinski definition) is 3. The summed E-state index contributed by atoms with van der Waals surface area (Å²) in [5, 5.41) is 6.11. The van der Waals surface area contributed by atoms with Crippen molar-refractivity contribution >= 4 is 34.1 Å². The molecule has 0 saturated carbocycles. The first-order valence-electron chi connectivity index (χ1n) is 8.66. The van der Waals surface area contributed by atoms with Crippen molar-refractivity contribution in [3.05, 3.63) is 64.2 Å². The maximum Gasteiger partial charge on any atom is 0.262 e. The van der Waals surface area contributed by atoms with Crippen LogP contribution >= 0.6 is 0 Å². The number of amides is 2. The number of aromatic nitrogens is 1. The quantitative estimate of drug-likeness (QED) is 0.647. The van der Waals surface area contributed by atoms with E-state index in [1.54, 1.807) is 30.3 Å². The molecule has 8 heteroatoms. The van der Waals surface area contributed by atoms with Crippen LogP contribution in [0.1, 0.15) is 12.0 Å². The molecule has 7 nitrogen and oxygen atoms in total. The van der Waals surface area contributed by atoms with Gasteiger partial charge in [0, 0.05) is 12.0 Å². The van der Waals surface area contributed by atoms with Crippen LogP contribution in [0, 0.1) is 5.82 Å². The molecule has 0 aliphatic carbocycles. The lowest BCUT2D eigenvalue weighted by atomic mass is 10.1. The first-order valence-corrected chi connectivity index (χ1v) is 8.66. The summed E-state index contributed by atoms with van der Waals surface area (Å²) in [5.41, 5.74) is 1.44. The molecule has 4 rings (SSSR count). The number of nitrogens with one attached hydrogen (secondary N) is 3. The predicted octanol–water partition coefficient (Wildman–Crippen LogP) is 2.57. The third kappa shape index (κ3) is 3.57. The molecule has 2 aromatic carbocycles. The Labute approximate surface area is 158 Å². The van der Waals surface area contributed by atoms with E-state index in [1.807, 2.05) is 0 Å². The van der Waals surface area contributed by atoms with Crippen molar-refractivity contribution in [2.45, 2.75) is 12.8 Å². The molecule has 142 valence electrons. The molecule has 0 atom stereocenters. The zero-order chi connectivity index (χ0) is 19.7. The summed E-state index contributed by atoms with van der Waals surface area (Å²) in [6, 6.07) is 10.8. The Morgan fingerprint density at radius 1 is 1.18 bits per heavy atom. The number of rotatable bonds is 4. The molecule has 1 aliphatic heterocycles. The summed E-state index contributed by atoms with van der Waals surface area (Å²) in [4.78, 5) is 38.5. The molecular weight excluding hydrogens is 365 g/mol. The summed E-state index contributed by atoms with van der Waals surface area (Å²) < 4.78 is 18.7. The van der Waals surface area contributed by atoms with E-state index in [2.05, 4.69) is 15.6 Å². The van der Waals surface area contributed by atoms with E-state index in [0.29, 0.717) is 33.6 Å². The zero-order valence-electron chi connectivity index (χ0n) is 14.7. The van der Waals surface area contributed by atoms with E-state index in [1.165, 1.54) is 12.1 Å². The van der Waals surface area contributed by atoms with E-state index in [-0.39, 0.29) is 36.8 Å². The number of anilines is 2. The van der Waals surface area contributed by atoms with Gasteiger partial charge in [-0.1, -0.05) is 6.07 Å². The van der Waals surface area contributed by atoms with Crippen LogP contribution in [0.3, 0.4) is 0 Å². The van der Waals surface area contributed by atoms with Crippen LogP contribution in [0.25, 0.3) is 10.9 Å². The first kappa shape index (κ1) is 17.7. The largest absolute Gasteiger partial charge is 0.479 e. The first-order chi connectivity index (χ1) is 13.5. The van der Waals surface area contributed by atoms with Crippen LogP contribution in [-0.2, 0) is 16.0 Å². The standard InChI is InChI=1S/C20H16FN3O4/c21-13-6-4-11-8-12(20(27)24-16(11)9-13)5-7-17(25)22-14-2-1-3-15-19(14)28-10-18(26)23-15/h1-4,6,8-9H,5,7,10H2,(H,22,25)(H,23,26)(H,24,27). The molecule has 0 bridgehead atoms. The molecule has 2 amide bonds. The van der Waals surface area contributed by atoms with Crippen LogP contribution in [0.15, 0.2) is 47.3 Å². The Hall–Kier alpha value is -3.68. The molecule has 0 saturated heterocycles. The summed E-state index contributed by atoms with van der Waals surface area (Å²) in [7, 11) is 0. The van der Waals surface area contributed by atoms with E-state index < -0.39 is 5.82 Å². The van der Waals surface area contributed by atoms with Gasteiger partial charge in [0.15, 0.2) is 12.4 Å². The monoisotopic (exact) mass is 381 g/mol. The average Bonchev–Trinajstić information content (AvgIpc) is 2.66. The van der Waals surface area contributed by atoms with E-state index in [0.717, 1.165) is 0 Å². The number of ether oxygens (including phenoxy) is 1. The lowest BCUT2D eigenvalue weighted by Gasteiger charge is -2.20. The molecule has 3 N–H and O–H groups in total. The van der Waals surface area contributed by atoms with Gasteiger partial charge in [0.25, 0.3) is 11.5 Å². The van der Waals surface area contributed by atoms with Gasteiger partial charge in [0.1, 0.15) is 5.82 Å². The van der Waals surface area contributed by atoms with Gasteiger partial charge in [0.2, 0.25) is 5.91 Å². The van der Waals surface area contributed by atoms with Crippen molar-refractivity contribution in [3.63, 3.8) is 0 Å². The predicted molar refractivity (Wildman–Crippen MR) is 102 cm³/mol. The van der Waals surface area contributed by atoms with Crippen LogP contribution in [-0.4, -0.2) is 23.4 Å². The Morgan fingerprint density at radius 3 is 2.89 bits per heavy atom. The van der Waals surface area contributed by atoms with Crippen molar-refractivity contribution in [2.75, 3.05) is 17.2 Å². The third-order valence-electron chi connectivity index (χ3n) is 4.42. The summed E-state index contributed by atoms with van der Waals surface area (Å²) in [6.07, 6.45) is 0.299. The molecule has 2 heterocycles. The maximum absolute atomic E-state index is 13.3. The van der Waals surface area contributed by atoms with Gasteiger partial charge in [-0.2, -0.15) is 0 Å². The molecule has 0 radical (unpaired) electrons. The number of carbonyl (C=O) groups is 2. The van der Waals surface area contributed by atoms with Crippen LogP contribution in [0.4, 0.5) is 15.8 Å². The number of benzene rings is 2. The van der Waals surface area contributed by atoms with Gasteiger partial charge in [-0.05, 0) is 48.2 Å². The minimum atomic E-state index is -0.431. The normalized spacial score (nSPS) is 12.8. The highest BCUT2D eigenvalue weighted by Gasteiger charge is 2.20. The summed E-state index contributed by atoms with van der Waals surface area (Å²) in [6.45, 7) is -0.118. The van der Waals surface area contributed by atoms with Crippen LogP contribution in [0.2, 0.25) is 0 Å². The Kier molecular flexibility index (Phi) is 4.52. The molecule has 28 heavy (non-hydrogen) atoms. The topological polar surface area (TPSA) is 100 Å². The second kappa shape index (κ2) is 7.15. The maximum atomic E-state index is 13.3. The average molecular weight is 381 g/mol. The SMILES string of the molecule is O=C(CCc1cc2ccc(F)cc2[nH]c1=O)Nc1cccc2c1OCC(=O)N2. The third-order valence-corrected chi connectivity index (χ3v) is 4.42. The molecule has 1 aromatic heterocycles. The van der Waals surface area contributed by atoms with Crippen molar-refractivity contribution in [2.24, 2.45) is 0 Å². The lowest BCUT2D eigenvalue weighted by molar-refractivity contribution is -0.118. The number of pyridine rings is 1. The zero-order valence-corrected chi connectivity index (χ0v) is 14.7. The van der Waals surface area contributed by atoms with Gasteiger partial charge >= 0.3 is 0 Å². The fourth-order valence-corrected chi connectivity index (χ4v) is 3.08. The van der Waals surface area contributed by atoms with Gasteiger partial charge in [-0.15, -0.1) is 0 Å². The molecule has 0 unspecified atom stereocenters.